The zero-order valence-electron chi connectivity index (χ0n) is 18.1. The van der Waals surface area contributed by atoms with Crippen LogP contribution in [0.4, 0.5) is 10.5 Å². The predicted octanol–water partition coefficient (Wildman–Crippen LogP) is 5.16. The van der Waals surface area contributed by atoms with Crippen LogP contribution in [0, 0.1) is 0 Å². The fourth-order valence-corrected chi connectivity index (χ4v) is 3.55. The van der Waals surface area contributed by atoms with Crippen molar-refractivity contribution in [2.45, 2.75) is 44.6 Å². The summed E-state index contributed by atoms with van der Waals surface area (Å²) in [6.07, 6.45) is 1.70. The van der Waals surface area contributed by atoms with E-state index >= 15 is 0 Å². The van der Waals surface area contributed by atoms with E-state index in [0.717, 1.165) is 33.4 Å². The van der Waals surface area contributed by atoms with Crippen LogP contribution in [0.3, 0.4) is 0 Å². The van der Waals surface area contributed by atoms with E-state index < -0.39 is 0 Å². The zero-order chi connectivity index (χ0) is 22.0. The number of carbonyl (C=O) groups is 2. The number of aromatic nitrogens is 3. The van der Waals surface area contributed by atoms with Crippen molar-refractivity contribution >= 4 is 39.6 Å². The lowest BCUT2D eigenvalue weighted by Crippen LogP contribution is -2.16. The van der Waals surface area contributed by atoms with E-state index in [1.54, 1.807) is 32.4 Å². The Bertz CT molecular complexity index is 1070. The maximum Gasteiger partial charge on any atom is 0.285 e. The van der Waals surface area contributed by atoms with Gasteiger partial charge in [-0.05, 0) is 61.9 Å². The third-order valence-corrected chi connectivity index (χ3v) is 5.64. The van der Waals surface area contributed by atoms with Crippen molar-refractivity contribution in [3.05, 3.63) is 47.8 Å². The lowest BCUT2D eigenvalue weighted by Gasteiger charge is -2.13. The molecule has 2 heterocycles. The maximum atomic E-state index is 13.1. The van der Waals surface area contributed by atoms with Gasteiger partial charge in [0.25, 0.3) is 11.1 Å². The highest BCUT2D eigenvalue weighted by molar-refractivity contribution is 8.13. The molecule has 30 heavy (non-hydrogen) atoms. The first-order valence-corrected chi connectivity index (χ1v) is 10.7. The predicted molar refractivity (Wildman–Crippen MR) is 121 cm³/mol. The average Bonchev–Trinajstić information content (AvgIpc) is 3.12. The molecule has 8 heteroatoms. The molecule has 0 atom stereocenters. The van der Waals surface area contributed by atoms with Gasteiger partial charge in [0.1, 0.15) is 0 Å². The van der Waals surface area contributed by atoms with Gasteiger partial charge in [-0.1, -0.05) is 13.8 Å². The maximum absolute atomic E-state index is 13.1. The molecule has 2 aromatic heterocycles. The summed E-state index contributed by atoms with van der Waals surface area (Å²) in [6, 6.07) is 9.21. The molecule has 0 bridgehead atoms. The van der Waals surface area contributed by atoms with Crippen LogP contribution in [0.5, 0.6) is 0 Å². The molecule has 0 aliphatic rings. The number of nitrogens with one attached hydrogen (secondary N) is 1. The van der Waals surface area contributed by atoms with Crippen molar-refractivity contribution < 1.29 is 9.59 Å². The van der Waals surface area contributed by atoms with Crippen molar-refractivity contribution in [1.29, 1.82) is 0 Å². The van der Waals surface area contributed by atoms with Gasteiger partial charge in [-0.3, -0.25) is 9.59 Å². The number of rotatable bonds is 5. The zero-order valence-corrected chi connectivity index (χ0v) is 18.9. The molecule has 0 radical (unpaired) electrons. The summed E-state index contributed by atoms with van der Waals surface area (Å²) in [4.78, 5) is 32.0. The Labute approximate surface area is 180 Å². The largest absolute Gasteiger partial charge is 0.339 e. The van der Waals surface area contributed by atoms with Crippen molar-refractivity contribution in [3.8, 4) is 0 Å². The van der Waals surface area contributed by atoms with Gasteiger partial charge in [0.05, 0.1) is 17.1 Å². The Morgan fingerprint density at radius 2 is 1.77 bits per heavy atom. The van der Waals surface area contributed by atoms with Crippen LogP contribution < -0.4 is 5.32 Å². The van der Waals surface area contributed by atoms with Crippen LogP contribution in [0.1, 0.15) is 55.7 Å². The SMILES string of the molecule is CC(C)c1cc(C(=O)Nc2ccc(SC(=O)N(C)C)cc2)c2cnn(C(C)C)c2n1. The minimum Gasteiger partial charge on any atom is -0.339 e. The number of nitrogens with zero attached hydrogens (tertiary/aromatic N) is 4. The van der Waals surface area contributed by atoms with Gasteiger partial charge in [-0.25, -0.2) is 9.67 Å². The van der Waals surface area contributed by atoms with Crippen LogP contribution in [-0.2, 0) is 0 Å². The molecular formula is C22H27N5O2S. The topological polar surface area (TPSA) is 80.1 Å². The molecule has 2 amide bonds. The van der Waals surface area contributed by atoms with E-state index in [1.807, 2.05) is 36.7 Å². The van der Waals surface area contributed by atoms with Crippen molar-refractivity contribution in [2.75, 3.05) is 19.4 Å². The number of hydrogen-bond acceptors (Lipinski definition) is 5. The number of carbonyl (C=O) groups excluding carboxylic acids is 2. The molecule has 0 saturated heterocycles. The first-order valence-electron chi connectivity index (χ1n) is 9.86. The third kappa shape index (κ3) is 4.64. The number of thioether (sulfide) groups is 1. The Balaban J connectivity index is 1.89. The summed E-state index contributed by atoms with van der Waals surface area (Å²) in [6.45, 7) is 8.18. The number of anilines is 1. The first-order chi connectivity index (χ1) is 14.2. The Kier molecular flexibility index (Phi) is 6.45. The van der Waals surface area contributed by atoms with Gasteiger partial charge in [0.15, 0.2) is 5.65 Å². The monoisotopic (exact) mass is 425 g/mol. The van der Waals surface area contributed by atoms with E-state index in [0.29, 0.717) is 11.3 Å². The quantitative estimate of drug-likeness (QED) is 0.571. The van der Waals surface area contributed by atoms with Crippen LogP contribution in [0.15, 0.2) is 41.4 Å². The van der Waals surface area contributed by atoms with Crippen LogP contribution in [0.2, 0.25) is 0 Å². The molecule has 158 valence electrons. The van der Waals surface area contributed by atoms with E-state index in [4.69, 9.17) is 4.98 Å². The second-order valence-electron chi connectivity index (χ2n) is 7.91. The summed E-state index contributed by atoms with van der Waals surface area (Å²) in [7, 11) is 3.43. The second kappa shape index (κ2) is 8.87. The normalized spacial score (nSPS) is 11.3. The highest BCUT2D eigenvalue weighted by atomic mass is 32.2. The fraction of sp³-hybridized carbons (Fsp3) is 0.364. The van der Waals surface area contributed by atoms with Gasteiger partial charge in [-0.2, -0.15) is 5.10 Å². The molecule has 3 rings (SSSR count). The molecule has 0 aliphatic heterocycles. The van der Waals surface area contributed by atoms with Crippen LogP contribution in [-0.4, -0.2) is 44.9 Å². The van der Waals surface area contributed by atoms with E-state index in [-0.39, 0.29) is 23.1 Å². The molecule has 1 N–H and O–H groups in total. The Hall–Kier alpha value is -2.87. The van der Waals surface area contributed by atoms with Gasteiger partial charge in [-0.15, -0.1) is 0 Å². The highest BCUT2D eigenvalue weighted by Gasteiger charge is 2.19. The molecule has 0 unspecified atom stereocenters. The molecule has 7 nitrogen and oxygen atoms in total. The summed E-state index contributed by atoms with van der Waals surface area (Å²) < 4.78 is 1.84. The molecule has 0 spiro atoms. The fourth-order valence-electron chi connectivity index (χ4n) is 2.90. The van der Waals surface area contributed by atoms with Crippen molar-refractivity contribution in [3.63, 3.8) is 0 Å². The summed E-state index contributed by atoms with van der Waals surface area (Å²) in [5.74, 6) is -0.0284. The van der Waals surface area contributed by atoms with E-state index in [9.17, 15) is 9.59 Å². The van der Waals surface area contributed by atoms with Crippen molar-refractivity contribution in [1.82, 2.24) is 19.7 Å². The summed E-state index contributed by atoms with van der Waals surface area (Å²) >= 11 is 1.14. The van der Waals surface area contributed by atoms with E-state index in [2.05, 4.69) is 24.3 Å². The van der Waals surface area contributed by atoms with Crippen LogP contribution in [0.25, 0.3) is 11.0 Å². The number of fused-ring (bicyclic) bond motifs is 1. The highest BCUT2D eigenvalue weighted by Crippen LogP contribution is 2.26. The van der Waals surface area contributed by atoms with Gasteiger partial charge in [0, 0.05) is 36.4 Å². The number of benzene rings is 1. The number of pyridine rings is 1. The van der Waals surface area contributed by atoms with Gasteiger partial charge < -0.3 is 10.2 Å². The molecule has 0 saturated carbocycles. The molecular weight excluding hydrogens is 398 g/mol. The minimum atomic E-state index is -0.211. The van der Waals surface area contributed by atoms with Crippen LogP contribution >= 0.6 is 11.8 Å². The molecule has 3 aromatic rings. The average molecular weight is 426 g/mol. The summed E-state index contributed by atoms with van der Waals surface area (Å²) in [5, 5.41) is 8.07. The number of hydrogen-bond donors (Lipinski definition) is 1. The lowest BCUT2D eigenvalue weighted by molar-refractivity contribution is 0.102. The minimum absolute atomic E-state index is 0.0469. The first kappa shape index (κ1) is 21.8. The molecule has 0 fully saturated rings. The Morgan fingerprint density at radius 1 is 1.10 bits per heavy atom. The molecule has 1 aromatic carbocycles. The number of amides is 2. The summed E-state index contributed by atoms with van der Waals surface area (Å²) in [5.41, 5.74) is 2.78. The van der Waals surface area contributed by atoms with Crippen molar-refractivity contribution in [2.24, 2.45) is 0 Å². The van der Waals surface area contributed by atoms with Gasteiger partial charge in [0.2, 0.25) is 0 Å². The molecule has 0 aliphatic carbocycles. The Morgan fingerprint density at radius 3 is 2.33 bits per heavy atom. The second-order valence-corrected chi connectivity index (χ2v) is 8.94. The third-order valence-electron chi connectivity index (χ3n) is 4.59. The smallest absolute Gasteiger partial charge is 0.285 e. The van der Waals surface area contributed by atoms with E-state index in [1.165, 1.54) is 4.90 Å². The standard InChI is InChI=1S/C22H27N5O2S/c1-13(2)19-11-17(18-12-23-27(14(3)4)20(18)25-19)21(28)24-15-7-9-16(10-8-15)30-22(29)26(5)6/h7-14H,1-6H3,(H,24,28). The lowest BCUT2D eigenvalue weighted by atomic mass is 10.0. The van der Waals surface area contributed by atoms with Gasteiger partial charge >= 0.3 is 0 Å².